The molecule has 0 saturated carbocycles. The molecule has 2 aromatic carbocycles. The number of carbonyl (C=O) groups is 1. The molecular weight excluding hydrogens is 504 g/mol. The third-order valence-electron chi connectivity index (χ3n) is 5.90. The summed E-state index contributed by atoms with van der Waals surface area (Å²) in [5, 5.41) is 3.59. The predicted molar refractivity (Wildman–Crippen MR) is 139 cm³/mol. The maximum absolute atomic E-state index is 13.8. The summed E-state index contributed by atoms with van der Waals surface area (Å²) in [7, 11) is 0. The first-order valence-electron chi connectivity index (χ1n) is 11.6. The minimum absolute atomic E-state index is 0.0704. The first kappa shape index (κ1) is 24.5. The van der Waals surface area contributed by atoms with Crippen LogP contribution in [0.5, 0.6) is 5.75 Å². The lowest BCUT2D eigenvalue weighted by Crippen LogP contribution is -2.23. The predicted octanol–water partition coefficient (Wildman–Crippen LogP) is 5.73. The molecule has 1 aliphatic rings. The van der Waals surface area contributed by atoms with Gasteiger partial charge in [0.1, 0.15) is 10.6 Å². The number of hydrogen-bond acceptors (Lipinski definition) is 6. The van der Waals surface area contributed by atoms with Crippen molar-refractivity contribution in [3.63, 3.8) is 0 Å². The van der Waals surface area contributed by atoms with Crippen LogP contribution in [0.4, 0.5) is 14.5 Å². The maximum atomic E-state index is 13.8. The molecule has 0 spiro atoms. The van der Waals surface area contributed by atoms with Crippen LogP contribution >= 0.6 is 23.1 Å². The van der Waals surface area contributed by atoms with Gasteiger partial charge in [0.15, 0.2) is 16.8 Å². The third kappa shape index (κ3) is 4.87. The average Bonchev–Trinajstić information content (AvgIpc) is 3.25. The van der Waals surface area contributed by atoms with Crippen molar-refractivity contribution in [1.82, 2.24) is 9.55 Å². The number of aromatic nitrogens is 2. The number of amides is 1. The van der Waals surface area contributed by atoms with Gasteiger partial charge in [-0.1, -0.05) is 11.8 Å². The van der Waals surface area contributed by atoms with E-state index in [1.807, 2.05) is 6.92 Å². The van der Waals surface area contributed by atoms with E-state index in [9.17, 15) is 18.4 Å². The summed E-state index contributed by atoms with van der Waals surface area (Å²) in [6, 6.07) is 10.3. The molecule has 6 nitrogen and oxygen atoms in total. The summed E-state index contributed by atoms with van der Waals surface area (Å²) in [5.74, 6) is -1.84. The van der Waals surface area contributed by atoms with E-state index >= 15 is 0 Å². The van der Waals surface area contributed by atoms with E-state index in [0.717, 1.165) is 55.1 Å². The first-order chi connectivity index (χ1) is 17.4. The number of rotatable bonds is 7. The number of benzene rings is 2. The molecule has 0 fully saturated rings. The fraction of sp³-hybridized carbons (Fsp3) is 0.269. The molecule has 4 aromatic rings. The monoisotopic (exact) mass is 527 g/mol. The molecule has 2 aromatic heterocycles. The molecular formula is C26H23F2N3O3S2. The van der Waals surface area contributed by atoms with Gasteiger partial charge in [0.05, 0.1) is 23.4 Å². The van der Waals surface area contributed by atoms with Crippen LogP contribution in [0, 0.1) is 11.6 Å². The number of aryl methyl sites for hydroxylation is 2. The number of fused-ring (bicyclic) bond motifs is 3. The Hall–Kier alpha value is -3.24. The van der Waals surface area contributed by atoms with E-state index in [2.05, 4.69) is 5.32 Å². The topological polar surface area (TPSA) is 73.2 Å². The Labute approximate surface area is 214 Å². The fourth-order valence-electron chi connectivity index (χ4n) is 4.27. The summed E-state index contributed by atoms with van der Waals surface area (Å²) < 4.78 is 33.8. The first-order valence-corrected chi connectivity index (χ1v) is 13.4. The highest BCUT2D eigenvalue weighted by Gasteiger charge is 2.23. The van der Waals surface area contributed by atoms with Crippen LogP contribution in [-0.2, 0) is 17.6 Å². The van der Waals surface area contributed by atoms with Crippen LogP contribution in [0.25, 0.3) is 15.9 Å². The van der Waals surface area contributed by atoms with Crippen molar-refractivity contribution in [2.75, 3.05) is 17.7 Å². The van der Waals surface area contributed by atoms with Crippen LogP contribution < -0.4 is 15.6 Å². The summed E-state index contributed by atoms with van der Waals surface area (Å²) >= 11 is 2.66. The number of thioether (sulfide) groups is 1. The van der Waals surface area contributed by atoms with E-state index in [4.69, 9.17) is 9.72 Å². The van der Waals surface area contributed by atoms with Crippen LogP contribution in [0.3, 0.4) is 0 Å². The molecule has 1 N–H and O–H groups in total. The number of thiophene rings is 1. The lowest BCUT2D eigenvalue weighted by atomic mass is 9.97. The van der Waals surface area contributed by atoms with Crippen LogP contribution in [-0.4, -0.2) is 27.8 Å². The Morgan fingerprint density at radius 3 is 2.67 bits per heavy atom. The van der Waals surface area contributed by atoms with E-state index < -0.39 is 17.5 Å². The van der Waals surface area contributed by atoms with Crippen molar-refractivity contribution >= 4 is 44.9 Å². The second kappa shape index (κ2) is 10.4. The van der Waals surface area contributed by atoms with E-state index in [1.165, 1.54) is 15.5 Å². The summed E-state index contributed by atoms with van der Waals surface area (Å²) in [6.45, 7) is 2.43. The third-order valence-corrected chi connectivity index (χ3v) is 8.02. The van der Waals surface area contributed by atoms with Gasteiger partial charge in [-0.25, -0.2) is 13.8 Å². The number of nitrogens with one attached hydrogen (secondary N) is 1. The molecule has 0 saturated heterocycles. The van der Waals surface area contributed by atoms with Crippen molar-refractivity contribution in [2.45, 2.75) is 37.8 Å². The molecule has 0 bridgehead atoms. The number of hydrogen-bond donors (Lipinski definition) is 1. The van der Waals surface area contributed by atoms with Gasteiger partial charge in [0, 0.05) is 16.6 Å². The van der Waals surface area contributed by atoms with Gasteiger partial charge in [-0.15, -0.1) is 11.3 Å². The second-order valence-electron chi connectivity index (χ2n) is 8.32. The Kier molecular flexibility index (Phi) is 7.06. The molecule has 186 valence electrons. The van der Waals surface area contributed by atoms with Crippen molar-refractivity contribution in [1.29, 1.82) is 0 Å². The van der Waals surface area contributed by atoms with E-state index in [0.29, 0.717) is 33.4 Å². The number of nitrogens with zero attached hydrogens (tertiary/aromatic N) is 2. The van der Waals surface area contributed by atoms with Crippen molar-refractivity contribution in [3.8, 4) is 11.4 Å². The highest BCUT2D eigenvalue weighted by Crippen LogP contribution is 2.35. The molecule has 0 aliphatic heterocycles. The molecule has 10 heteroatoms. The molecule has 0 radical (unpaired) electrons. The molecule has 36 heavy (non-hydrogen) atoms. The zero-order chi connectivity index (χ0) is 25.2. The standard InChI is InChI=1S/C26H23F2N3O3S2/c1-2-34-17-10-8-16(9-11-17)31-25(33)23-18-5-3-4-6-21(18)36-24(23)30-26(31)35-14-22(32)29-15-7-12-19(27)20(28)13-15/h7-13H,2-6,14H2,1H3,(H,29,32). The molecule has 2 heterocycles. The summed E-state index contributed by atoms with van der Waals surface area (Å²) in [5.41, 5.74) is 1.70. The normalized spacial score (nSPS) is 13.0. The largest absolute Gasteiger partial charge is 0.494 e. The maximum Gasteiger partial charge on any atom is 0.267 e. The van der Waals surface area contributed by atoms with Gasteiger partial charge in [0.25, 0.3) is 5.56 Å². The highest BCUT2D eigenvalue weighted by molar-refractivity contribution is 7.99. The molecule has 1 aliphatic carbocycles. The average molecular weight is 528 g/mol. The van der Waals surface area contributed by atoms with E-state index in [1.54, 1.807) is 35.6 Å². The van der Waals surface area contributed by atoms with Gasteiger partial charge in [-0.05, 0) is 74.6 Å². The minimum atomic E-state index is -1.04. The van der Waals surface area contributed by atoms with Gasteiger partial charge in [-0.3, -0.25) is 14.2 Å². The number of ether oxygens (including phenoxy) is 1. The van der Waals surface area contributed by atoms with Crippen molar-refractivity contribution in [3.05, 3.63) is 74.9 Å². The van der Waals surface area contributed by atoms with Crippen molar-refractivity contribution < 1.29 is 18.3 Å². The molecule has 0 unspecified atom stereocenters. The minimum Gasteiger partial charge on any atom is -0.494 e. The number of carbonyl (C=O) groups excluding carboxylic acids is 1. The van der Waals surface area contributed by atoms with E-state index in [-0.39, 0.29) is 17.0 Å². The Balaban J connectivity index is 1.50. The molecule has 0 atom stereocenters. The van der Waals surface area contributed by atoms with Gasteiger partial charge < -0.3 is 10.1 Å². The van der Waals surface area contributed by atoms with Gasteiger partial charge >= 0.3 is 0 Å². The SMILES string of the molecule is CCOc1ccc(-n2c(SCC(=O)Nc3ccc(F)c(F)c3)nc3sc4c(c3c2=O)CCCC4)cc1. The Morgan fingerprint density at radius 1 is 1.14 bits per heavy atom. The zero-order valence-electron chi connectivity index (χ0n) is 19.5. The lowest BCUT2D eigenvalue weighted by Gasteiger charge is -2.14. The van der Waals surface area contributed by atoms with Crippen LogP contribution in [0.2, 0.25) is 0 Å². The second-order valence-corrected chi connectivity index (χ2v) is 10.3. The quantitative estimate of drug-likeness (QED) is 0.245. The number of halogens is 2. The molecule has 1 amide bonds. The van der Waals surface area contributed by atoms with Gasteiger partial charge in [-0.2, -0.15) is 0 Å². The summed E-state index contributed by atoms with van der Waals surface area (Å²) in [6.07, 6.45) is 3.94. The van der Waals surface area contributed by atoms with Gasteiger partial charge in [0.2, 0.25) is 5.91 Å². The van der Waals surface area contributed by atoms with Crippen molar-refractivity contribution in [2.24, 2.45) is 0 Å². The summed E-state index contributed by atoms with van der Waals surface area (Å²) in [4.78, 5) is 33.1. The highest BCUT2D eigenvalue weighted by atomic mass is 32.2. The Morgan fingerprint density at radius 2 is 1.92 bits per heavy atom. The zero-order valence-corrected chi connectivity index (χ0v) is 21.1. The molecule has 5 rings (SSSR count). The lowest BCUT2D eigenvalue weighted by molar-refractivity contribution is -0.113. The fourth-order valence-corrected chi connectivity index (χ4v) is 6.39. The van der Waals surface area contributed by atoms with Crippen LogP contribution in [0.15, 0.2) is 52.4 Å². The smallest absolute Gasteiger partial charge is 0.267 e. The van der Waals surface area contributed by atoms with Crippen LogP contribution in [0.1, 0.15) is 30.2 Å². The number of anilines is 1. The Bertz CT molecular complexity index is 1500.